The maximum absolute atomic E-state index is 5.87. The van der Waals surface area contributed by atoms with Gasteiger partial charge in [0.05, 0.1) is 5.39 Å². The zero-order valence-corrected chi connectivity index (χ0v) is 13.0. The molecule has 2 heterocycles. The van der Waals surface area contributed by atoms with Crippen molar-refractivity contribution in [3.8, 4) is 5.88 Å². The van der Waals surface area contributed by atoms with Crippen molar-refractivity contribution >= 4 is 39.1 Å². The summed E-state index contributed by atoms with van der Waals surface area (Å²) in [5.41, 5.74) is 6.78. The Labute approximate surface area is 131 Å². The summed E-state index contributed by atoms with van der Waals surface area (Å²) in [5.74, 6) is 0.765. The number of fused-ring (bicyclic) bond motifs is 1. The molecule has 4 nitrogen and oxygen atoms in total. The molecule has 0 atom stereocenters. The van der Waals surface area contributed by atoms with Gasteiger partial charge in [0, 0.05) is 9.90 Å². The minimum absolute atomic E-state index is 0.234. The number of anilines is 1. The third kappa shape index (κ3) is 3.09. The molecule has 0 amide bonds. The zero-order valence-electron chi connectivity index (χ0n) is 11.5. The highest BCUT2D eigenvalue weighted by atomic mass is 35.5. The van der Waals surface area contributed by atoms with E-state index in [1.165, 1.54) is 4.88 Å². The molecule has 0 fully saturated rings. The van der Waals surface area contributed by atoms with Crippen LogP contribution in [0.5, 0.6) is 5.88 Å². The molecule has 2 aromatic heterocycles. The number of rotatable bonds is 4. The van der Waals surface area contributed by atoms with E-state index in [0.29, 0.717) is 17.5 Å². The van der Waals surface area contributed by atoms with E-state index in [2.05, 4.69) is 23.0 Å². The highest BCUT2D eigenvalue weighted by Crippen LogP contribution is 2.31. The number of hydrogen-bond acceptors (Lipinski definition) is 5. The molecule has 0 spiro atoms. The van der Waals surface area contributed by atoms with E-state index < -0.39 is 0 Å². The third-order valence-corrected chi connectivity index (χ3v) is 4.49. The molecule has 3 aromatic rings. The topological polar surface area (TPSA) is 61.0 Å². The Kier molecular flexibility index (Phi) is 3.94. The molecule has 0 radical (unpaired) electrons. The molecule has 0 aliphatic carbocycles. The lowest BCUT2D eigenvalue weighted by Gasteiger charge is -2.07. The summed E-state index contributed by atoms with van der Waals surface area (Å²) in [6, 6.07) is 9.59. The number of nitrogen functional groups attached to an aromatic ring is 1. The number of aryl methyl sites for hydroxylation is 1. The summed E-state index contributed by atoms with van der Waals surface area (Å²) in [6.45, 7) is 2.52. The first-order valence-electron chi connectivity index (χ1n) is 6.59. The molecule has 0 saturated carbocycles. The number of hydrogen-bond donors (Lipinski definition) is 1. The van der Waals surface area contributed by atoms with Crippen LogP contribution < -0.4 is 10.5 Å². The van der Waals surface area contributed by atoms with E-state index in [1.54, 1.807) is 11.3 Å². The van der Waals surface area contributed by atoms with Gasteiger partial charge in [0.1, 0.15) is 11.4 Å². The van der Waals surface area contributed by atoms with Crippen molar-refractivity contribution in [3.63, 3.8) is 0 Å². The Balaban J connectivity index is 1.88. The molecular formula is C15H14ClN3OS. The van der Waals surface area contributed by atoms with Gasteiger partial charge in [-0.2, -0.15) is 4.98 Å². The molecule has 2 N–H and O–H groups in total. The minimum atomic E-state index is 0.234. The number of halogens is 1. The Morgan fingerprint density at radius 1 is 1.24 bits per heavy atom. The molecule has 0 aliphatic heterocycles. The number of ether oxygens (including phenoxy) is 1. The van der Waals surface area contributed by atoms with Gasteiger partial charge >= 0.3 is 0 Å². The van der Waals surface area contributed by atoms with Crippen LogP contribution in [0.4, 0.5) is 5.95 Å². The average Bonchev–Trinajstić information content (AvgIpc) is 2.89. The predicted octanol–water partition coefficient (Wildman–Crippen LogP) is 4.07. The normalized spacial score (nSPS) is 11.0. The van der Waals surface area contributed by atoms with Crippen LogP contribution in [0, 0.1) is 0 Å². The fourth-order valence-electron chi connectivity index (χ4n) is 1.98. The lowest BCUT2D eigenvalue weighted by atomic mass is 10.2. The SMILES string of the molecule is CCc1cc2c(OCc3ccc(Cl)cc3)nc(N)nc2s1. The summed E-state index contributed by atoms with van der Waals surface area (Å²) in [4.78, 5) is 10.6. The van der Waals surface area contributed by atoms with Crippen LogP contribution in [0.2, 0.25) is 5.02 Å². The van der Waals surface area contributed by atoms with Gasteiger partial charge in [-0.1, -0.05) is 30.7 Å². The van der Waals surface area contributed by atoms with Crippen molar-refractivity contribution in [2.45, 2.75) is 20.0 Å². The Bertz CT molecular complexity index is 770. The molecule has 6 heteroatoms. The van der Waals surface area contributed by atoms with Crippen LogP contribution in [-0.4, -0.2) is 9.97 Å². The fourth-order valence-corrected chi connectivity index (χ4v) is 3.07. The second-order valence-corrected chi connectivity index (χ2v) is 6.14. The largest absolute Gasteiger partial charge is 0.472 e. The summed E-state index contributed by atoms with van der Waals surface area (Å²) >= 11 is 7.49. The summed E-state index contributed by atoms with van der Waals surface area (Å²) in [6.07, 6.45) is 0.956. The van der Waals surface area contributed by atoms with Crippen molar-refractivity contribution < 1.29 is 4.74 Å². The monoisotopic (exact) mass is 319 g/mol. The number of aromatic nitrogens is 2. The lowest BCUT2D eigenvalue weighted by molar-refractivity contribution is 0.298. The van der Waals surface area contributed by atoms with Gasteiger partial charge in [-0.3, -0.25) is 0 Å². The van der Waals surface area contributed by atoms with E-state index in [9.17, 15) is 0 Å². The van der Waals surface area contributed by atoms with Gasteiger partial charge in [-0.15, -0.1) is 11.3 Å². The molecule has 0 bridgehead atoms. The first kappa shape index (κ1) is 14.1. The van der Waals surface area contributed by atoms with Crippen molar-refractivity contribution in [1.82, 2.24) is 9.97 Å². The molecule has 3 rings (SSSR count). The van der Waals surface area contributed by atoms with Crippen LogP contribution >= 0.6 is 22.9 Å². The Morgan fingerprint density at radius 2 is 2.00 bits per heavy atom. The number of nitrogens with two attached hydrogens (primary N) is 1. The number of benzene rings is 1. The lowest BCUT2D eigenvalue weighted by Crippen LogP contribution is -2.01. The smallest absolute Gasteiger partial charge is 0.227 e. The van der Waals surface area contributed by atoms with Crippen LogP contribution in [0.15, 0.2) is 30.3 Å². The Morgan fingerprint density at radius 3 is 2.71 bits per heavy atom. The first-order valence-corrected chi connectivity index (χ1v) is 7.78. The van der Waals surface area contributed by atoms with E-state index in [4.69, 9.17) is 22.1 Å². The van der Waals surface area contributed by atoms with Gasteiger partial charge in [-0.05, 0) is 30.2 Å². The van der Waals surface area contributed by atoms with Crippen molar-refractivity contribution in [1.29, 1.82) is 0 Å². The highest BCUT2D eigenvalue weighted by molar-refractivity contribution is 7.18. The molecule has 0 saturated heterocycles. The zero-order chi connectivity index (χ0) is 14.8. The van der Waals surface area contributed by atoms with Gasteiger partial charge < -0.3 is 10.5 Å². The predicted molar refractivity (Wildman–Crippen MR) is 87.0 cm³/mol. The van der Waals surface area contributed by atoms with Crippen LogP contribution in [0.25, 0.3) is 10.2 Å². The van der Waals surface area contributed by atoms with Crippen LogP contribution in [-0.2, 0) is 13.0 Å². The van der Waals surface area contributed by atoms with Crippen molar-refractivity contribution in [2.24, 2.45) is 0 Å². The van der Waals surface area contributed by atoms with E-state index in [1.807, 2.05) is 24.3 Å². The number of thiophene rings is 1. The Hall–Kier alpha value is -1.85. The van der Waals surface area contributed by atoms with Crippen LogP contribution in [0.1, 0.15) is 17.4 Å². The van der Waals surface area contributed by atoms with E-state index >= 15 is 0 Å². The maximum Gasteiger partial charge on any atom is 0.227 e. The maximum atomic E-state index is 5.87. The minimum Gasteiger partial charge on any atom is -0.472 e. The van der Waals surface area contributed by atoms with Crippen molar-refractivity contribution in [2.75, 3.05) is 5.73 Å². The van der Waals surface area contributed by atoms with E-state index in [0.717, 1.165) is 22.2 Å². The van der Waals surface area contributed by atoms with Crippen LogP contribution in [0.3, 0.4) is 0 Å². The number of nitrogens with zero attached hydrogens (tertiary/aromatic N) is 2. The highest BCUT2D eigenvalue weighted by Gasteiger charge is 2.11. The molecular weight excluding hydrogens is 306 g/mol. The second kappa shape index (κ2) is 5.87. The molecule has 0 unspecified atom stereocenters. The summed E-state index contributed by atoms with van der Waals surface area (Å²) in [7, 11) is 0. The average molecular weight is 320 g/mol. The second-order valence-electron chi connectivity index (χ2n) is 4.59. The van der Waals surface area contributed by atoms with Gasteiger partial charge in [0.2, 0.25) is 11.8 Å². The van der Waals surface area contributed by atoms with Gasteiger partial charge in [0.25, 0.3) is 0 Å². The summed E-state index contributed by atoms with van der Waals surface area (Å²) in [5, 5.41) is 1.62. The molecule has 21 heavy (non-hydrogen) atoms. The van der Waals surface area contributed by atoms with Gasteiger partial charge in [0.15, 0.2) is 0 Å². The van der Waals surface area contributed by atoms with Gasteiger partial charge in [-0.25, -0.2) is 4.98 Å². The van der Waals surface area contributed by atoms with Crippen molar-refractivity contribution in [3.05, 3.63) is 45.8 Å². The molecule has 108 valence electrons. The quantitative estimate of drug-likeness (QED) is 0.787. The third-order valence-electron chi connectivity index (χ3n) is 3.06. The first-order chi connectivity index (χ1) is 10.2. The molecule has 1 aromatic carbocycles. The summed E-state index contributed by atoms with van der Waals surface area (Å²) < 4.78 is 5.82. The van der Waals surface area contributed by atoms with E-state index in [-0.39, 0.29) is 5.95 Å². The molecule has 0 aliphatic rings. The standard InChI is InChI=1S/C15H14ClN3OS/c1-2-11-7-12-13(18-15(17)19-14(12)21-11)20-8-9-3-5-10(16)6-4-9/h3-7H,2,8H2,1H3,(H2,17,18,19). The fraction of sp³-hybridized carbons (Fsp3) is 0.200.